The Morgan fingerprint density at radius 1 is 1.41 bits per heavy atom. The van der Waals surface area contributed by atoms with Gasteiger partial charge in [-0.1, -0.05) is 6.07 Å². The van der Waals surface area contributed by atoms with Crippen LogP contribution in [0.5, 0.6) is 0 Å². The number of nitrogens with zero attached hydrogens (tertiary/aromatic N) is 1. The van der Waals surface area contributed by atoms with Crippen LogP contribution in [-0.2, 0) is 0 Å². The van der Waals surface area contributed by atoms with Crippen LogP contribution in [0.25, 0.3) is 9.88 Å². The zero-order valence-electron chi connectivity index (χ0n) is 9.40. The summed E-state index contributed by atoms with van der Waals surface area (Å²) in [6.45, 7) is 1.37. The van der Waals surface area contributed by atoms with Gasteiger partial charge in [-0.15, -0.1) is 22.7 Å². The number of hydrogen-bond donors (Lipinski definition) is 2. The highest BCUT2D eigenvalue weighted by Gasteiger charge is 2.11. The number of nitrogens with one attached hydrogen (secondary N) is 2. The summed E-state index contributed by atoms with van der Waals surface area (Å²) >= 11 is 3.13. The van der Waals surface area contributed by atoms with Crippen LogP contribution >= 0.6 is 22.7 Å². The van der Waals surface area contributed by atoms with Gasteiger partial charge in [-0.05, 0) is 18.5 Å². The number of thiazole rings is 1. The smallest absolute Gasteiger partial charge is 0.270 e. The number of hydrogen-bond acceptors (Lipinski definition) is 5. The molecule has 4 nitrogen and oxygen atoms in total. The highest BCUT2D eigenvalue weighted by atomic mass is 32.1. The van der Waals surface area contributed by atoms with Crippen molar-refractivity contribution in [2.75, 3.05) is 20.1 Å². The second-order valence-electron chi connectivity index (χ2n) is 3.37. The van der Waals surface area contributed by atoms with E-state index in [0.29, 0.717) is 12.2 Å². The lowest BCUT2D eigenvalue weighted by molar-refractivity contribution is 0.0950. The van der Waals surface area contributed by atoms with Crippen LogP contribution < -0.4 is 10.6 Å². The lowest BCUT2D eigenvalue weighted by Gasteiger charge is -2.01. The van der Waals surface area contributed by atoms with Gasteiger partial charge in [0.25, 0.3) is 5.91 Å². The molecule has 90 valence electrons. The fourth-order valence-electron chi connectivity index (χ4n) is 1.28. The SMILES string of the molecule is CNCCNC(=O)c1csc(-c2cccs2)n1. The Hall–Kier alpha value is -1.24. The van der Waals surface area contributed by atoms with E-state index in [-0.39, 0.29) is 5.91 Å². The lowest BCUT2D eigenvalue weighted by atomic mass is 10.4. The molecule has 0 aliphatic heterocycles. The minimum atomic E-state index is -0.112. The van der Waals surface area contributed by atoms with Crippen molar-refractivity contribution in [1.82, 2.24) is 15.6 Å². The van der Waals surface area contributed by atoms with Crippen LogP contribution in [0.15, 0.2) is 22.9 Å². The molecule has 0 aliphatic rings. The zero-order chi connectivity index (χ0) is 12.1. The number of carbonyl (C=O) groups is 1. The van der Waals surface area contributed by atoms with Crippen molar-refractivity contribution >= 4 is 28.6 Å². The molecule has 1 amide bonds. The Kier molecular flexibility index (Phi) is 4.24. The highest BCUT2D eigenvalue weighted by Crippen LogP contribution is 2.27. The molecular formula is C11H13N3OS2. The van der Waals surface area contributed by atoms with Gasteiger partial charge >= 0.3 is 0 Å². The van der Waals surface area contributed by atoms with E-state index in [9.17, 15) is 4.79 Å². The molecule has 2 aromatic rings. The molecule has 2 N–H and O–H groups in total. The molecule has 17 heavy (non-hydrogen) atoms. The van der Waals surface area contributed by atoms with E-state index >= 15 is 0 Å². The molecule has 0 spiro atoms. The molecule has 2 rings (SSSR count). The van der Waals surface area contributed by atoms with E-state index in [2.05, 4.69) is 15.6 Å². The predicted molar refractivity (Wildman–Crippen MR) is 71.7 cm³/mol. The number of carbonyl (C=O) groups excluding carboxylic acids is 1. The van der Waals surface area contributed by atoms with Crippen molar-refractivity contribution < 1.29 is 4.79 Å². The standard InChI is InChI=1S/C11H13N3OS2/c1-12-4-5-13-10(15)8-7-17-11(14-8)9-3-2-6-16-9/h2-3,6-7,12H,4-5H2,1H3,(H,13,15). The number of aromatic nitrogens is 1. The highest BCUT2D eigenvalue weighted by molar-refractivity contribution is 7.20. The first-order valence-corrected chi connectivity index (χ1v) is 6.99. The fraction of sp³-hybridized carbons (Fsp3) is 0.273. The Labute approximate surface area is 108 Å². The van der Waals surface area contributed by atoms with Gasteiger partial charge in [0.05, 0.1) is 4.88 Å². The summed E-state index contributed by atoms with van der Waals surface area (Å²) in [5.74, 6) is -0.112. The predicted octanol–water partition coefficient (Wildman–Crippen LogP) is 1.82. The molecule has 0 aliphatic carbocycles. The van der Waals surface area contributed by atoms with E-state index in [1.165, 1.54) is 11.3 Å². The van der Waals surface area contributed by atoms with Crippen LogP contribution in [0, 0.1) is 0 Å². The van der Waals surface area contributed by atoms with Crippen LogP contribution in [0.3, 0.4) is 0 Å². The fourth-order valence-corrected chi connectivity index (χ4v) is 2.90. The maximum Gasteiger partial charge on any atom is 0.270 e. The average molecular weight is 267 g/mol. The van der Waals surface area contributed by atoms with Gasteiger partial charge in [-0.3, -0.25) is 4.79 Å². The van der Waals surface area contributed by atoms with Crippen molar-refractivity contribution in [3.63, 3.8) is 0 Å². The molecular weight excluding hydrogens is 254 g/mol. The third kappa shape index (κ3) is 3.12. The molecule has 0 unspecified atom stereocenters. The normalized spacial score (nSPS) is 10.4. The van der Waals surface area contributed by atoms with E-state index < -0.39 is 0 Å². The average Bonchev–Trinajstić information content (AvgIpc) is 3.00. The molecule has 0 fully saturated rings. The second kappa shape index (κ2) is 5.90. The van der Waals surface area contributed by atoms with Crippen molar-refractivity contribution in [1.29, 1.82) is 0 Å². The summed E-state index contributed by atoms with van der Waals surface area (Å²) in [6, 6.07) is 3.99. The molecule has 6 heteroatoms. The summed E-state index contributed by atoms with van der Waals surface area (Å²) in [5.41, 5.74) is 0.495. The summed E-state index contributed by atoms with van der Waals surface area (Å²) in [6.07, 6.45) is 0. The quantitative estimate of drug-likeness (QED) is 0.813. The van der Waals surface area contributed by atoms with Crippen LogP contribution in [-0.4, -0.2) is 31.0 Å². The molecule has 0 bridgehead atoms. The summed E-state index contributed by atoms with van der Waals surface area (Å²) in [5, 5.41) is 10.5. The summed E-state index contributed by atoms with van der Waals surface area (Å²) in [7, 11) is 1.85. The second-order valence-corrected chi connectivity index (χ2v) is 5.18. The molecule has 0 aromatic carbocycles. The Morgan fingerprint density at radius 2 is 2.29 bits per heavy atom. The zero-order valence-corrected chi connectivity index (χ0v) is 11.0. The van der Waals surface area contributed by atoms with Gasteiger partial charge in [0.15, 0.2) is 0 Å². The van der Waals surface area contributed by atoms with Gasteiger partial charge in [-0.25, -0.2) is 4.98 Å². The van der Waals surface area contributed by atoms with Crippen LogP contribution in [0.4, 0.5) is 0 Å². The maximum atomic E-state index is 11.7. The number of thiophene rings is 1. The Morgan fingerprint density at radius 3 is 3.00 bits per heavy atom. The van der Waals surface area contributed by atoms with Crippen molar-refractivity contribution in [3.05, 3.63) is 28.6 Å². The Bertz CT molecular complexity index is 479. The molecule has 2 aromatic heterocycles. The van der Waals surface area contributed by atoms with Gasteiger partial charge in [-0.2, -0.15) is 0 Å². The first kappa shape index (κ1) is 12.2. The van der Waals surface area contributed by atoms with Gasteiger partial charge in [0, 0.05) is 18.5 Å². The van der Waals surface area contributed by atoms with E-state index in [0.717, 1.165) is 16.4 Å². The van der Waals surface area contributed by atoms with E-state index in [1.54, 1.807) is 16.7 Å². The first-order chi connectivity index (χ1) is 8.31. The molecule has 0 saturated carbocycles. The van der Waals surface area contributed by atoms with Gasteiger partial charge in [0.2, 0.25) is 0 Å². The summed E-state index contributed by atoms with van der Waals surface area (Å²) < 4.78 is 0. The van der Waals surface area contributed by atoms with Crippen molar-refractivity contribution in [2.45, 2.75) is 0 Å². The Balaban J connectivity index is 2.01. The molecule has 0 saturated heterocycles. The topological polar surface area (TPSA) is 54.0 Å². The van der Waals surface area contributed by atoms with E-state index in [1.807, 2.05) is 24.6 Å². The van der Waals surface area contributed by atoms with Crippen molar-refractivity contribution in [2.24, 2.45) is 0 Å². The largest absolute Gasteiger partial charge is 0.349 e. The number of amides is 1. The van der Waals surface area contributed by atoms with Gasteiger partial charge in [0.1, 0.15) is 10.7 Å². The monoisotopic (exact) mass is 267 g/mol. The minimum absolute atomic E-state index is 0.112. The van der Waals surface area contributed by atoms with Crippen LogP contribution in [0.2, 0.25) is 0 Å². The first-order valence-electron chi connectivity index (χ1n) is 5.23. The molecule has 2 heterocycles. The summed E-state index contributed by atoms with van der Waals surface area (Å²) in [4.78, 5) is 17.1. The van der Waals surface area contributed by atoms with Crippen LogP contribution in [0.1, 0.15) is 10.5 Å². The molecule has 0 radical (unpaired) electrons. The molecule has 0 atom stereocenters. The third-order valence-electron chi connectivity index (χ3n) is 2.13. The third-order valence-corrected chi connectivity index (χ3v) is 4.01. The minimum Gasteiger partial charge on any atom is -0.349 e. The number of likely N-dealkylation sites (N-methyl/N-ethyl adjacent to an activating group) is 1. The van der Waals surface area contributed by atoms with Gasteiger partial charge < -0.3 is 10.6 Å². The lowest BCUT2D eigenvalue weighted by Crippen LogP contribution is -2.30. The van der Waals surface area contributed by atoms with Crippen molar-refractivity contribution in [3.8, 4) is 9.88 Å². The van der Waals surface area contributed by atoms with E-state index in [4.69, 9.17) is 0 Å². The maximum absolute atomic E-state index is 11.7. The number of rotatable bonds is 5.